The Balaban J connectivity index is 2.60. The highest BCUT2D eigenvalue weighted by molar-refractivity contribution is 9.10. The minimum atomic E-state index is -2.30. The van der Waals surface area contributed by atoms with Crippen LogP contribution in [0.2, 0.25) is 0 Å². The largest absolute Gasteiger partial charge is 0.398 e. The van der Waals surface area contributed by atoms with Gasteiger partial charge in [0.15, 0.2) is 0 Å². The van der Waals surface area contributed by atoms with Gasteiger partial charge in [0.1, 0.15) is 0 Å². The van der Waals surface area contributed by atoms with Gasteiger partial charge in [-0.25, -0.2) is 8.78 Å². The van der Waals surface area contributed by atoms with Gasteiger partial charge in [0.2, 0.25) is 0 Å². The molecule has 0 saturated carbocycles. The Morgan fingerprint density at radius 3 is 2.67 bits per heavy atom. The molecule has 0 heterocycles. The van der Waals surface area contributed by atoms with Gasteiger partial charge in [0.25, 0.3) is 6.43 Å². The number of rotatable bonds is 4. The van der Waals surface area contributed by atoms with Gasteiger partial charge in [-0.1, -0.05) is 6.07 Å². The fraction of sp³-hybridized carbons (Fsp3) is 0.400. The lowest BCUT2D eigenvalue weighted by molar-refractivity contribution is 0.0976. The molecule has 0 spiro atoms. The zero-order valence-electron chi connectivity index (χ0n) is 8.38. The second-order valence-electron chi connectivity index (χ2n) is 3.44. The van der Waals surface area contributed by atoms with E-state index in [1.54, 1.807) is 18.0 Å². The molecule has 0 aliphatic heterocycles. The molecule has 1 aromatic rings. The molecule has 0 radical (unpaired) electrons. The Hall–Kier alpha value is -0.680. The molecular formula is C10H13BrF2N2. The minimum Gasteiger partial charge on any atom is -0.398 e. The van der Waals surface area contributed by atoms with E-state index in [0.29, 0.717) is 12.2 Å². The minimum absolute atomic E-state index is 0.226. The highest BCUT2D eigenvalue weighted by atomic mass is 79.9. The number of benzene rings is 1. The van der Waals surface area contributed by atoms with Crippen molar-refractivity contribution < 1.29 is 8.78 Å². The fourth-order valence-electron chi connectivity index (χ4n) is 1.30. The third kappa shape index (κ3) is 4.13. The summed E-state index contributed by atoms with van der Waals surface area (Å²) in [5, 5.41) is 0. The fourth-order valence-corrected chi connectivity index (χ4v) is 1.55. The normalized spacial score (nSPS) is 11.3. The molecule has 0 aliphatic carbocycles. The molecule has 2 nitrogen and oxygen atoms in total. The van der Waals surface area contributed by atoms with Gasteiger partial charge < -0.3 is 5.73 Å². The van der Waals surface area contributed by atoms with E-state index < -0.39 is 6.43 Å². The summed E-state index contributed by atoms with van der Waals surface area (Å²) in [7, 11) is 1.66. The molecule has 15 heavy (non-hydrogen) atoms. The lowest BCUT2D eigenvalue weighted by Gasteiger charge is -2.16. The molecule has 1 aromatic carbocycles. The van der Waals surface area contributed by atoms with Crippen LogP contribution in [0.25, 0.3) is 0 Å². The molecule has 0 aliphatic rings. The molecule has 0 bridgehead atoms. The number of halogens is 3. The van der Waals surface area contributed by atoms with Crippen LogP contribution in [0.4, 0.5) is 14.5 Å². The second kappa shape index (κ2) is 5.42. The number of nitrogen functional groups attached to an aromatic ring is 1. The summed E-state index contributed by atoms with van der Waals surface area (Å²) in [5.41, 5.74) is 7.24. The average Bonchev–Trinajstić information content (AvgIpc) is 2.10. The number of nitrogens with two attached hydrogens (primary N) is 1. The third-order valence-electron chi connectivity index (χ3n) is 1.96. The van der Waals surface area contributed by atoms with Gasteiger partial charge >= 0.3 is 0 Å². The second-order valence-corrected chi connectivity index (χ2v) is 4.30. The molecule has 84 valence electrons. The molecule has 1 rings (SSSR count). The van der Waals surface area contributed by atoms with Gasteiger partial charge in [-0.3, -0.25) is 4.90 Å². The molecule has 0 atom stereocenters. The van der Waals surface area contributed by atoms with Crippen LogP contribution in [0.1, 0.15) is 5.56 Å². The van der Waals surface area contributed by atoms with Crippen molar-refractivity contribution in [3.8, 4) is 0 Å². The maximum atomic E-state index is 12.1. The van der Waals surface area contributed by atoms with Crippen molar-refractivity contribution in [3.05, 3.63) is 28.2 Å². The number of alkyl halides is 2. The molecule has 0 aromatic heterocycles. The van der Waals surface area contributed by atoms with E-state index in [1.807, 2.05) is 12.1 Å². The lowest BCUT2D eigenvalue weighted by atomic mass is 10.2. The van der Waals surface area contributed by atoms with E-state index in [1.165, 1.54) is 0 Å². The predicted octanol–water partition coefficient (Wildman–Crippen LogP) is 2.73. The van der Waals surface area contributed by atoms with Crippen LogP contribution in [-0.4, -0.2) is 24.9 Å². The first-order chi connectivity index (χ1) is 6.99. The SMILES string of the molecule is CN(Cc1ccc(Br)c(N)c1)CC(F)F. The summed E-state index contributed by atoms with van der Waals surface area (Å²) < 4.78 is 24.9. The molecule has 5 heteroatoms. The zero-order valence-corrected chi connectivity index (χ0v) is 9.97. The van der Waals surface area contributed by atoms with E-state index in [-0.39, 0.29) is 6.54 Å². The van der Waals surface area contributed by atoms with E-state index in [2.05, 4.69) is 15.9 Å². The van der Waals surface area contributed by atoms with Crippen molar-refractivity contribution in [2.75, 3.05) is 19.3 Å². The molecule has 0 fully saturated rings. The van der Waals surface area contributed by atoms with Crippen molar-refractivity contribution in [1.82, 2.24) is 4.90 Å². The van der Waals surface area contributed by atoms with E-state index in [4.69, 9.17) is 5.73 Å². The Labute approximate surface area is 96.2 Å². The summed E-state index contributed by atoms with van der Waals surface area (Å²) in [6, 6.07) is 5.47. The predicted molar refractivity (Wildman–Crippen MR) is 60.9 cm³/mol. The van der Waals surface area contributed by atoms with Crippen molar-refractivity contribution in [2.24, 2.45) is 0 Å². The van der Waals surface area contributed by atoms with Crippen molar-refractivity contribution in [2.45, 2.75) is 13.0 Å². The molecule has 0 amide bonds. The maximum absolute atomic E-state index is 12.1. The molecule has 0 unspecified atom stereocenters. The third-order valence-corrected chi connectivity index (χ3v) is 2.68. The maximum Gasteiger partial charge on any atom is 0.251 e. The highest BCUT2D eigenvalue weighted by Gasteiger charge is 2.08. The summed E-state index contributed by atoms with van der Waals surface area (Å²) in [6.45, 7) is 0.248. The summed E-state index contributed by atoms with van der Waals surface area (Å²) in [5.74, 6) is 0. The van der Waals surface area contributed by atoms with Crippen LogP contribution in [0, 0.1) is 0 Å². The number of hydrogen-bond acceptors (Lipinski definition) is 2. The van der Waals surface area contributed by atoms with Crippen molar-refractivity contribution in [3.63, 3.8) is 0 Å². The van der Waals surface area contributed by atoms with Gasteiger partial charge in [0.05, 0.1) is 6.54 Å². The number of anilines is 1. The first kappa shape index (κ1) is 12.4. The Morgan fingerprint density at radius 2 is 2.13 bits per heavy atom. The van der Waals surface area contributed by atoms with Crippen LogP contribution >= 0.6 is 15.9 Å². The standard InChI is InChI=1S/C10H13BrF2N2/c1-15(6-10(12)13)5-7-2-3-8(11)9(14)4-7/h2-4,10H,5-6,14H2,1H3. The summed E-state index contributed by atoms with van der Waals surface area (Å²) in [6.07, 6.45) is -2.30. The number of hydrogen-bond donors (Lipinski definition) is 1. The van der Waals surface area contributed by atoms with E-state index in [0.717, 1.165) is 10.0 Å². The monoisotopic (exact) mass is 278 g/mol. The Bertz CT molecular complexity index is 331. The van der Waals surface area contributed by atoms with Gasteiger partial charge in [-0.05, 0) is 40.7 Å². The quantitative estimate of drug-likeness (QED) is 0.859. The van der Waals surface area contributed by atoms with Crippen LogP contribution in [0.15, 0.2) is 22.7 Å². The Kier molecular flexibility index (Phi) is 4.47. The van der Waals surface area contributed by atoms with Crippen LogP contribution in [0.3, 0.4) is 0 Å². The smallest absolute Gasteiger partial charge is 0.251 e. The zero-order chi connectivity index (χ0) is 11.4. The van der Waals surface area contributed by atoms with Crippen molar-refractivity contribution >= 4 is 21.6 Å². The van der Waals surface area contributed by atoms with Gasteiger partial charge in [-0.2, -0.15) is 0 Å². The van der Waals surface area contributed by atoms with Crippen LogP contribution in [-0.2, 0) is 6.54 Å². The molecule has 2 N–H and O–H groups in total. The molecule has 0 saturated heterocycles. The van der Waals surface area contributed by atoms with Crippen LogP contribution in [0.5, 0.6) is 0 Å². The first-order valence-electron chi connectivity index (χ1n) is 4.49. The first-order valence-corrected chi connectivity index (χ1v) is 5.29. The summed E-state index contributed by atoms with van der Waals surface area (Å²) in [4.78, 5) is 1.56. The van der Waals surface area contributed by atoms with E-state index >= 15 is 0 Å². The summed E-state index contributed by atoms with van der Waals surface area (Å²) >= 11 is 3.28. The van der Waals surface area contributed by atoms with Crippen LogP contribution < -0.4 is 5.73 Å². The highest BCUT2D eigenvalue weighted by Crippen LogP contribution is 2.20. The molecular weight excluding hydrogens is 266 g/mol. The Morgan fingerprint density at radius 1 is 1.47 bits per heavy atom. The lowest BCUT2D eigenvalue weighted by Crippen LogP contribution is -2.24. The number of nitrogens with zero attached hydrogens (tertiary/aromatic N) is 1. The topological polar surface area (TPSA) is 29.3 Å². The van der Waals surface area contributed by atoms with Crippen molar-refractivity contribution in [1.29, 1.82) is 0 Å². The average molecular weight is 279 g/mol. The van der Waals surface area contributed by atoms with Gasteiger partial charge in [-0.15, -0.1) is 0 Å². The van der Waals surface area contributed by atoms with E-state index in [9.17, 15) is 8.78 Å². The van der Waals surface area contributed by atoms with Gasteiger partial charge in [0, 0.05) is 16.7 Å².